The molecule has 0 aromatic rings. The minimum atomic E-state index is -1.00. The van der Waals surface area contributed by atoms with Crippen molar-refractivity contribution in [3.63, 3.8) is 0 Å². The van der Waals surface area contributed by atoms with E-state index in [4.69, 9.17) is 9.47 Å². The second kappa shape index (κ2) is 4.66. The van der Waals surface area contributed by atoms with Crippen molar-refractivity contribution in [2.75, 3.05) is 27.4 Å². The normalized spacial score (nSPS) is 23.2. The molecule has 2 fully saturated rings. The third-order valence-electron chi connectivity index (χ3n) is 3.38. The van der Waals surface area contributed by atoms with Gasteiger partial charge in [-0.1, -0.05) is 0 Å². The first-order valence-corrected chi connectivity index (χ1v) is 5.74. The Labute approximate surface area is 104 Å². The van der Waals surface area contributed by atoms with Crippen LogP contribution in [0.3, 0.4) is 0 Å². The van der Waals surface area contributed by atoms with Gasteiger partial charge in [-0.25, -0.2) is 4.79 Å². The number of imide groups is 2. The van der Waals surface area contributed by atoms with E-state index in [2.05, 4.69) is 5.32 Å². The predicted octanol–water partition coefficient (Wildman–Crippen LogP) is -0.494. The zero-order valence-corrected chi connectivity index (χ0v) is 10.4. The number of ether oxygens (including phenoxy) is 2. The second-order valence-corrected chi connectivity index (χ2v) is 4.57. The van der Waals surface area contributed by atoms with Gasteiger partial charge in [-0.2, -0.15) is 0 Å². The fourth-order valence-electron chi connectivity index (χ4n) is 2.05. The fourth-order valence-corrected chi connectivity index (χ4v) is 2.05. The summed E-state index contributed by atoms with van der Waals surface area (Å²) in [6.07, 6.45) is 0.612. The molecule has 1 N–H and O–H groups in total. The molecule has 1 saturated carbocycles. The lowest BCUT2D eigenvalue weighted by molar-refractivity contribution is -0.146. The third kappa shape index (κ3) is 1.99. The number of hydrogen-bond donors (Lipinski definition) is 1. The van der Waals surface area contributed by atoms with Crippen molar-refractivity contribution in [1.29, 1.82) is 0 Å². The van der Waals surface area contributed by atoms with Crippen LogP contribution in [0, 0.1) is 5.41 Å². The molecule has 100 valence electrons. The number of rotatable bonds is 5. The van der Waals surface area contributed by atoms with Crippen LogP contribution in [0.2, 0.25) is 0 Å². The number of carbonyl (C=O) groups is 3. The van der Waals surface area contributed by atoms with Crippen LogP contribution in [0.15, 0.2) is 0 Å². The van der Waals surface area contributed by atoms with Gasteiger partial charge >= 0.3 is 6.03 Å². The summed E-state index contributed by atoms with van der Waals surface area (Å²) in [5, 5.41) is 2.21. The Balaban J connectivity index is 2.09. The van der Waals surface area contributed by atoms with E-state index >= 15 is 0 Å². The van der Waals surface area contributed by atoms with Gasteiger partial charge in [-0.05, 0) is 12.8 Å². The lowest BCUT2D eigenvalue weighted by atomic mass is 10.0. The summed E-state index contributed by atoms with van der Waals surface area (Å²) in [4.78, 5) is 36.4. The first-order valence-electron chi connectivity index (χ1n) is 5.74. The summed E-state index contributed by atoms with van der Waals surface area (Å²) in [6, 6.07) is -0.680. The van der Waals surface area contributed by atoms with E-state index in [0.717, 1.165) is 4.90 Å². The Morgan fingerprint density at radius 2 is 2.00 bits per heavy atom. The molecular weight excluding hydrogens is 240 g/mol. The van der Waals surface area contributed by atoms with Gasteiger partial charge in [0.05, 0.1) is 19.3 Å². The molecule has 1 heterocycles. The molecular formula is C11H16N2O5. The van der Waals surface area contributed by atoms with E-state index in [1.54, 1.807) is 0 Å². The number of nitrogens with zero attached hydrogens (tertiary/aromatic N) is 1. The van der Waals surface area contributed by atoms with Crippen LogP contribution in [0.25, 0.3) is 0 Å². The van der Waals surface area contributed by atoms with Crippen LogP contribution >= 0.6 is 0 Å². The predicted molar refractivity (Wildman–Crippen MR) is 59.6 cm³/mol. The molecule has 0 aromatic heterocycles. The minimum Gasteiger partial charge on any atom is -0.382 e. The summed E-state index contributed by atoms with van der Waals surface area (Å²) in [7, 11) is 2.99. The van der Waals surface area contributed by atoms with Gasteiger partial charge in [0.2, 0.25) is 11.8 Å². The molecule has 0 radical (unpaired) electrons. The Bertz CT molecular complexity index is 391. The summed E-state index contributed by atoms with van der Waals surface area (Å²) in [5.74, 6) is -0.899. The first-order chi connectivity index (χ1) is 8.55. The molecule has 1 aliphatic carbocycles. The highest BCUT2D eigenvalue weighted by Gasteiger charge is 2.62. The van der Waals surface area contributed by atoms with Gasteiger partial charge in [0, 0.05) is 14.2 Å². The van der Waals surface area contributed by atoms with Gasteiger partial charge < -0.3 is 9.47 Å². The molecule has 1 unspecified atom stereocenters. The van der Waals surface area contributed by atoms with Gasteiger partial charge in [0.1, 0.15) is 5.41 Å². The van der Waals surface area contributed by atoms with Gasteiger partial charge in [0.15, 0.2) is 0 Å². The zero-order chi connectivity index (χ0) is 13.3. The lowest BCUT2D eigenvalue weighted by Gasteiger charge is -2.32. The summed E-state index contributed by atoms with van der Waals surface area (Å²) in [6.45, 7) is 0.360. The standard InChI is InChI=1S/C11H16N2O5/c1-17-6-7(18-2)5-13-9(15)11(3-4-11)8(14)12-10(13)16/h7H,3-6H2,1-2H3,(H,12,14,16). The zero-order valence-electron chi connectivity index (χ0n) is 10.4. The van der Waals surface area contributed by atoms with E-state index in [-0.39, 0.29) is 13.2 Å². The molecule has 7 heteroatoms. The smallest absolute Gasteiger partial charge is 0.330 e. The van der Waals surface area contributed by atoms with E-state index < -0.39 is 29.4 Å². The maximum atomic E-state index is 12.1. The average Bonchev–Trinajstić information content (AvgIpc) is 3.13. The second-order valence-electron chi connectivity index (χ2n) is 4.57. The summed E-state index contributed by atoms with van der Waals surface area (Å²) < 4.78 is 10.1. The van der Waals surface area contributed by atoms with E-state index in [0.29, 0.717) is 12.8 Å². The molecule has 0 aromatic carbocycles. The SMILES string of the molecule is COCC(CN1C(=O)NC(=O)C2(CC2)C1=O)OC. The number of urea groups is 1. The van der Waals surface area contributed by atoms with E-state index in [9.17, 15) is 14.4 Å². The first kappa shape index (κ1) is 13.0. The van der Waals surface area contributed by atoms with Crippen LogP contribution in [0.5, 0.6) is 0 Å². The Morgan fingerprint density at radius 3 is 2.50 bits per heavy atom. The number of carbonyl (C=O) groups excluding carboxylic acids is 3. The van der Waals surface area contributed by atoms with Gasteiger partial charge in [-0.15, -0.1) is 0 Å². The highest BCUT2D eigenvalue weighted by Crippen LogP contribution is 2.48. The largest absolute Gasteiger partial charge is 0.382 e. The number of hydrogen-bond acceptors (Lipinski definition) is 5. The summed E-state index contributed by atoms with van der Waals surface area (Å²) in [5.41, 5.74) is -1.00. The average molecular weight is 256 g/mol. The van der Waals surface area contributed by atoms with Crippen molar-refractivity contribution in [3.05, 3.63) is 0 Å². The van der Waals surface area contributed by atoms with Gasteiger partial charge in [-0.3, -0.25) is 19.8 Å². The lowest BCUT2D eigenvalue weighted by Crippen LogP contribution is -2.60. The minimum absolute atomic E-state index is 0.0873. The van der Waals surface area contributed by atoms with Crippen molar-refractivity contribution in [2.24, 2.45) is 5.41 Å². The van der Waals surface area contributed by atoms with Crippen molar-refractivity contribution in [3.8, 4) is 0 Å². The van der Waals surface area contributed by atoms with Crippen molar-refractivity contribution >= 4 is 17.8 Å². The van der Waals surface area contributed by atoms with Gasteiger partial charge in [0.25, 0.3) is 0 Å². The molecule has 1 saturated heterocycles. The maximum Gasteiger partial charge on any atom is 0.330 e. The molecule has 1 atom stereocenters. The van der Waals surface area contributed by atoms with Crippen molar-refractivity contribution < 1.29 is 23.9 Å². The van der Waals surface area contributed by atoms with Crippen molar-refractivity contribution in [1.82, 2.24) is 10.2 Å². The highest BCUT2D eigenvalue weighted by molar-refractivity contribution is 6.20. The Hall–Kier alpha value is -1.47. The fraction of sp³-hybridized carbons (Fsp3) is 0.727. The van der Waals surface area contributed by atoms with Crippen LogP contribution in [0.1, 0.15) is 12.8 Å². The van der Waals surface area contributed by atoms with Crippen LogP contribution < -0.4 is 5.32 Å². The van der Waals surface area contributed by atoms with Crippen molar-refractivity contribution in [2.45, 2.75) is 18.9 Å². The molecule has 2 rings (SSSR count). The topological polar surface area (TPSA) is 84.9 Å². The monoisotopic (exact) mass is 256 g/mol. The molecule has 2 aliphatic rings. The van der Waals surface area contributed by atoms with Crippen LogP contribution in [-0.2, 0) is 19.1 Å². The number of amides is 4. The van der Waals surface area contributed by atoms with Crippen LogP contribution in [-0.4, -0.2) is 56.2 Å². The van der Waals surface area contributed by atoms with E-state index in [1.807, 2.05) is 0 Å². The number of nitrogens with one attached hydrogen (secondary N) is 1. The molecule has 1 spiro atoms. The Morgan fingerprint density at radius 1 is 1.33 bits per heavy atom. The molecule has 7 nitrogen and oxygen atoms in total. The molecule has 1 aliphatic heterocycles. The Kier molecular flexibility index (Phi) is 3.36. The highest BCUT2D eigenvalue weighted by atomic mass is 16.5. The number of barbiturate groups is 1. The quantitative estimate of drug-likeness (QED) is 0.671. The van der Waals surface area contributed by atoms with E-state index in [1.165, 1.54) is 14.2 Å². The molecule has 4 amide bonds. The molecule has 18 heavy (non-hydrogen) atoms. The molecule has 0 bridgehead atoms. The van der Waals surface area contributed by atoms with Crippen LogP contribution in [0.4, 0.5) is 4.79 Å². The maximum absolute atomic E-state index is 12.1. The summed E-state index contributed by atoms with van der Waals surface area (Å²) >= 11 is 0. The third-order valence-corrected chi connectivity index (χ3v) is 3.38. The number of methoxy groups -OCH3 is 2.